The number of likely N-dealkylation sites (tertiary alicyclic amines) is 1. The van der Waals surface area contributed by atoms with Crippen LogP contribution >= 0.6 is 11.6 Å². The molecule has 1 N–H and O–H groups in total. The number of piperidine rings is 1. The number of nitrogens with zero attached hydrogens (tertiary/aromatic N) is 4. The van der Waals surface area contributed by atoms with Gasteiger partial charge in [-0.15, -0.1) is 0 Å². The monoisotopic (exact) mass is 544 g/mol. The minimum atomic E-state index is -1.23. The van der Waals surface area contributed by atoms with Crippen molar-refractivity contribution in [3.8, 4) is 0 Å². The van der Waals surface area contributed by atoms with E-state index in [0.29, 0.717) is 11.1 Å². The van der Waals surface area contributed by atoms with Crippen LogP contribution in [0, 0.1) is 11.3 Å². The van der Waals surface area contributed by atoms with E-state index >= 15 is 0 Å². The van der Waals surface area contributed by atoms with Gasteiger partial charge < -0.3 is 24.0 Å². The van der Waals surface area contributed by atoms with Crippen molar-refractivity contribution >= 4 is 28.7 Å². The van der Waals surface area contributed by atoms with E-state index < -0.39 is 11.4 Å². The van der Waals surface area contributed by atoms with Crippen molar-refractivity contribution in [3.05, 3.63) is 35.4 Å². The molecule has 9 heteroatoms. The number of carbonyl (C=O) groups is 1. The van der Waals surface area contributed by atoms with Crippen LogP contribution in [0.4, 0.5) is 4.79 Å². The van der Waals surface area contributed by atoms with E-state index in [9.17, 15) is 9.90 Å². The number of ether oxygens (including phenoxy) is 2. The van der Waals surface area contributed by atoms with Crippen molar-refractivity contribution < 1.29 is 19.4 Å². The molecule has 38 heavy (non-hydrogen) atoms. The van der Waals surface area contributed by atoms with Gasteiger partial charge in [-0.25, -0.2) is 14.8 Å². The van der Waals surface area contributed by atoms with Crippen LogP contribution in [-0.2, 0) is 9.47 Å². The number of allylic oxidation sites excluding steroid dienone is 2. The summed E-state index contributed by atoms with van der Waals surface area (Å²) < 4.78 is 14.0. The van der Waals surface area contributed by atoms with Crippen molar-refractivity contribution in [2.75, 3.05) is 13.1 Å². The number of amides is 1. The molecule has 1 saturated carbocycles. The van der Waals surface area contributed by atoms with Crippen molar-refractivity contribution in [3.63, 3.8) is 0 Å². The SMILES string of the molecule is CC(C)(C)OC(=O)N1CCC2(CCC=C2C[C@@H]2CC(OC(C)(C)O)[C@H](n3ccc4c(Cl)ncnc43)C2)CC1. The van der Waals surface area contributed by atoms with Crippen LogP contribution in [0.1, 0.15) is 85.6 Å². The Hall–Kier alpha value is -2.16. The molecule has 1 spiro atoms. The van der Waals surface area contributed by atoms with E-state index in [1.807, 2.05) is 37.9 Å². The maximum atomic E-state index is 12.6. The summed E-state index contributed by atoms with van der Waals surface area (Å²) in [5.41, 5.74) is 2.03. The van der Waals surface area contributed by atoms with Crippen LogP contribution in [0.25, 0.3) is 11.0 Å². The third kappa shape index (κ3) is 5.73. The number of carbonyl (C=O) groups excluding carboxylic acids is 1. The Labute approximate surface area is 230 Å². The molecular weight excluding hydrogens is 504 g/mol. The molecule has 0 aromatic carbocycles. The average molecular weight is 545 g/mol. The van der Waals surface area contributed by atoms with E-state index in [-0.39, 0.29) is 23.7 Å². The second-order valence-corrected chi connectivity index (χ2v) is 13.2. The van der Waals surface area contributed by atoms with Gasteiger partial charge in [-0.1, -0.05) is 23.3 Å². The van der Waals surface area contributed by atoms with Gasteiger partial charge in [0.2, 0.25) is 0 Å². The maximum Gasteiger partial charge on any atom is 0.410 e. The summed E-state index contributed by atoms with van der Waals surface area (Å²) in [5, 5.41) is 11.8. The van der Waals surface area contributed by atoms with E-state index in [2.05, 4.69) is 20.6 Å². The molecule has 2 aromatic heterocycles. The molecule has 1 unspecified atom stereocenters. The molecule has 2 fully saturated rings. The summed E-state index contributed by atoms with van der Waals surface area (Å²) in [6.45, 7) is 10.6. The van der Waals surface area contributed by atoms with E-state index in [0.717, 1.165) is 69.1 Å². The number of hydrogen-bond acceptors (Lipinski definition) is 6. The largest absolute Gasteiger partial charge is 0.444 e. The van der Waals surface area contributed by atoms with Crippen LogP contribution in [0.2, 0.25) is 5.15 Å². The molecule has 8 nitrogen and oxygen atoms in total. The number of rotatable bonds is 5. The normalized spacial score (nSPS) is 25.8. The zero-order valence-corrected chi connectivity index (χ0v) is 24.0. The van der Waals surface area contributed by atoms with Gasteiger partial charge in [0.05, 0.1) is 17.5 Å². The Bertz CT molecular complexity index is 1200. The predicted octanol–water partition coefficient (Wildman–Crippen LogP) is 6.28. The molecular formula is C29H41ClN4O4. The topological polar surface area (TPSA) is 89.7 Å². The summed E-state index contributed by atoms with van der Waals surface area (Å²) in [7, 11) is 0. The second-order valence-electron chi connectivity index (χ2n) is 12.9. The molecule has 0 bridgehead atoms. The van der Waals surface area contributed by atoms with Gasteiger partial charge in [0, 0.05) is 19.3 Å². The Kier molecular flexibility index (Phi) is 7.29. The summed E-state index contributed by atoms with van der Waals surface area (Å²) in [4.78, 5) is 23.1. The third-order valence-electron chi connectivity index (χ3n) is 8.40. The quantitative estimate of drug-likeness (QED) is 0.271. The van der Waals surface area contributed by atoms with Crippen LogP contribution in [-0.4, -0.2) is 61.2 Å². The standard InChI is InChI=1S/C29H41ClN4O4/c1-27(2,3)38-26(35)33-13-10-29(11-14-33)9-6-7-20(29)15-19-16-22(23(17-19)37-28(4,5)36)34-12-8-21-24(30)31-18-32-25(21)34/h7-8,12,18-19,22-23,36H,6,9-11,13-17H2,1-5H3/t19-,22+,23?/m0/s1. The van der Waals surface area contributed by atoms with Crippen LogP contribution in [0.15, 0.2) is 30.2 Å². The van der Waals surface area contributed by atoms with E-state index in [1.165, 1.54) is 11.9 Å². The Morgan fingerprint density at radius 1 is 1.16 bits per heavy atom. The smallest absolute Gasteiger partial charge is 0.410 e. The van der Waals surface area contributed by atoms with Gasteiger partial charge in [0.1, 0.15) is 22.7 Å². The molecule has 3 atom stereocenters. The van der Waals surface area contributed by atoms with Gasteiger partial charge >= 0.3 is 6.09 Å². The molecule has 5 rings (SSSR count). The highest BCUT2D eigenvalue weighted by Gasteiger charge is 2.45. The first-order valence-electron chi connectivity index (χ1n) is 13.9. The van der Waals surface area contributed by atoms with Gasteiger partial charge in [0.15, 0.2) is 5.79 Å². The first-order valence-corrected chi connectivity index (χ1v) is 14.3. The molecule has 3 aliphatic rings. The molecule has 3 heterocycles. The highest BCUT2D eigenvalue weighted by molar-refractivity contribution is 6.33. The van der Waals surface area contributed by atoms with Crippen LogP contribution in [0.5, 0.6) is 0 Å². The summed E-state index contributed by atoms with van der Waals surface area (Å²) in [6.07, 6.45) is 12.6. The number of fused-ring (bicyclic) bond motifs is 1. The molecule has 1 amide bonds. The first kappa shape index (κ1) is 27.4. The van der Waals surface area contributed by atoms with Crippen molar-refractivity contribution in [2.24, 2.45) is 11.3 Å². The zero-order valence-electron chi connectivity index (χ0n) is 23.2. The Morgan fingerprint density at radius 3 is 2.58 bits per heavy atom. The highest BCUT2D eigenvalue weighted by atomic mass is 35.5. The number of halogens is 1. The summed E-state index contributed by atoms with van der Waals surface area (Å²) in [5.74, 6) is -0.803. The average Bonchev–Trinajstić information content (AvgIpc) is 3.51. The first-order chi connectivity index (χ1) is 17.8. The van der Waals surface area contributed by atoms with Gasteiger partial charge in [0.25, 0.3) is 0 Å². The van der Waals surface area contributed by atoms with Gasteiger partial charge in [-0.3, -0.25) is 0 Å². The lowest BCUT2D eigenvalue weighted by atomic mass is 9.70. The Balaban J connectivity index is 1.30. The zero-order chi connectivity index (χ0) is 27.3. The molecule has 1 aliphatic heterocycles. The number of aromatic nitrogens is 3. The highest BCUT2D eigenvalue weighted by Crippen LogP contribution is 2.52. The van der Waals surface area contributed by atoms with Crippen LogP contribution < -0.4 is 0 Å². The third-order valence-corrected chi connectivity index (χ3v) is 8.70. The fourth-order valence-electron chi connectivity index (χ4n) is 6.76. The van der Waals surface area contributed by atoms with E-state index in [4.69, 9.17) is 21.1 Å². The predicted molar refractivity (Wildman–Crippen MR) is 147 cm³/mol. The number of hydrogen-bond donors (Lipinski definition) is 1. The van der Waals surface area contributed by atoms with Crippen molar-refractivity contribution in [1.82, 2.24) is 19.4 Å². The molecule has 2 aromatic rings. The summed E-state index contributed by atoms with van der Waals surface area (Å²) >= 11 is 6.33. The maximum absolute atomic E-state index is 12.6. The second kappa shape index (κ2) is 10.1. The minimum Gasteiger partial charge on any atom is -0.444 e. The lowest BCUT2D eigenvalue weighted by molar-refractivity contribution is -0.210. The van der Waals surface area contributed by atoms with Gasteiger partial charge in [-0.05, 0) is 97.0 Å². The van der Waals surface area contributed by atoms with Crippen LogP contribution in [0.3, 0.4) is 0 Å². The minimum absolute atomic E-state index is 0.0434. The van der Waals surface area contributed by atoms with Gasteiger partial charge in [-0.2, -0.15) is 0 Å². The Morgan fingerprint density at radius 2 is 1.89 bits per heavy atom. The fraction of sp³-hybridized carbons (Fsp3) is 0.690. The molecule has 0 radical (unpaired) electrons. The fourth-order valence-corrected chi connectivity index (χ4v) is 6.96. The lowest BCUT2D eigenvalue weighted by Crippen LogP contribution is -2.45. The lowest BCUT2D eigenvalue weighted by Gasteiger charge is -2.42. The summed E-state index contributed by atoms with van der Waals surface area (Å²) in [6, 6.07) is 2.00. The molecule has 208 valence electrons. The van der Waals surface area contributed by atoms with Crippen molar-refractivity contribution in [1.29, 1.82) is 0 Å². The molecule has 2 aliphatic carbocycles. The van der Waals surface area contributed by atoms with Crippen molar-refractivity contribution in [2.45, 2.75) is 103 Å². The molecule has 1 saturated heterocycles. The number of aliphatic hydroxyl groups is 1. The van der Waals surface area contributed by atoms with E-state index in [1.54, 1.807) is 13.8 Å².